The molecule has 0 unspecified atom stereocenters. The van der Waals surface area contributed by atoms with Gasteiger partial charge in [-0.25, -0.2) is 28.3 Å². The van der Waals surface area contributed by atoms with E-state index in [1.54, 1.807) is 13.8 Å². The summed E-state index contributed by atoms with van der Waals surface area (Å²) in [6.45, 7) is 6.72. The van der Waals surface area contributed by atoms with E-state index in [2.05, 4.69) is 21.3 Å². The number of rotatable bonds is 18. The van der Waals surface area contributed by atoms with Crippen molar-refractivity contribution in [3.63, 3.8) is 0 Å². The largest absolute Gasteiger partial charge is 0.478 e. The van der Waals surface area contributed by atoms with Gasteiger partial charge in [0.05, 0.1) is 110 Å². The molecule has 8 aromatic carbocycles. The summed E-state index contributed by atoms with van der Waals surface area (Å²) in [7, 11) is 2.39. The summed E-state index contributed by atoms with van der Waals surface area (Å²) in [6.07, 6.45) is -9.02. The van der Waals surface area contributed by atoms with Crippen LogP contribution >= 0.6 is 0 Å². The second kappa shape index (κ2) is 28.8. The van der Waals surface area contributed by atoms with Gasteiger partial charge in [-0.15, -0.1) is 0 Å². The van der Waals surface area contributed by atoms with Crippen LogP contribution in [0.25, 0.3) is 76.7 Å². The van der Waals surface area contributed by atoms with Crippen LogP contribution in [0.5, 0.6) is 0 Å². The van der Waals surface area contributed by atoms with Crippen LogP contribution < -0.4 is 65.7 Å². The van der Waals surface area contributed by atoms with Gasteiger partial charge in [0.1, 0.15) is 0 Å². The smallest absolute Gasteiger partial charge is 0.417 e. The Balaban J connectivity index is 0.000000218. The number of alkyl halides is 6. The van der Waals surface area contributed by atoms with E-state index in [0.29, 0.717) is 47.7 Å². The number of aromatic carboxylic acids is 4. The number of halogens is 6. The molecule has 0 spiro atoms. The number of nitrogens with zero attached hydrogens (tertiary/aromatic N) is 4. The molecule has 0 aliphatic heterocycles. The van der Waals surface area contributed by atoms with Gasteiger partial charge in [-0.2, -0.15) is 26.3 Å². The standard InChI is InChI=1S/C38H31F3N4O12.C38H23F3N4O8/c1-4-9-43-31(47)22-13-24(28(37(56)57)15-26(22)35(52)53)32(48)44-17-5-7-19(16(2)10-17)20-8-6-18(11-29(20)38(39,40)41)45-33(49)23-12-21(30(46)42-3)25(34(50)51)14-27(23)36(54)55;1-4-9-43-32(48)23-14-27-28(15-24(23)33(43)49)35(51)44(34(27)50)17-5-7-19(16(2)10-17)20-8-6-18(11-29(20)38(39,40)41)45-36(52)25-12-21-22(13-26(25)37(45)53)31(47)42(3)30(21)46/h5-8,10-15H,4,9H2,1-3H3,(H,42,46)(H,43,47)(H,44,48)(H,45,49)(H,50,51)(H,52,53)(H,54,55)(H,56,57);5-8,10-15H,4,9H2,1-3H3. The van der Waals surface area contributed by atoms with Crippen LogP contribution in [0.3, 0.4) is 0 Å². The zero-order chi connectivity index (χ0) is 80.5. The van der Waals surface area contributed by atoms with Crippen LogP contribution in [-0.4, -0.2) is 99.8 Å². The Morgan fingerprint density at radius 2 is 0.700 bits per heavy atom. The molecule has 0 saturated carbocycles. The fourth-order valence-electron chi connectivity index (χ4n) is 12.9. The molecule has 110 heavy (non-hydrogen) atoms. The van der Waals surface area contributed by atoms with Crippen LogP contribution in [0.1, 0.15) is 132 Å². The zero-order valence-electron chi connectivity index (χ0n) is 57.8. The summed E-state index contributed by atoms with van der Waals surface area (Å²) in [6, 6.07) is 20.6. The monoisotopic (exact) mass is 1510 g/mol. The highest BCUT2D eigenvalue weighted by Crippen LogP contribution is 2.42. The highest BCUT2D eigenvalue weighted by molar-refractivity contribution is 6.17. The van der Waals surface area contributed by atoms with Gasteiger partial charge in [0, 0.05) is 38.6 Å². The Hall–Kier alpha value is -14.3. The number of fused-ring (bicyclic) bond motifs is 4. The molecule has 0 fully saturated rings. The first kappa shape index (κ1) is 76.8. The molecule has 560 valence electrons. The minimum Gasteiger partial charge on any atom is -0.478 e. The van der Waals surface area contributed by atoms with Crippen molar-refractivity contribution in [3.05, 3.63) is 271 Å². The lowest BCUT2D eigenvalue weighted by Gasteiger charge is -2.18. The van der Waals surface area contributed by atoms with Crippen molar-refractivity contribution < 1.29 is 85.1 Å². The van der Waals surface area contributed by atoms with E-state index in [0.717, 1.165) is 63.2 Å². The third-order valence-corrected chi connectivity index (χ3v) is 18.2. The van der Waals surface area contributed by atoms with Crippen molar-refractivity contribution in [2.75, 3.05) is 24.2 Å². The Kier molecular flexibility index (Phi) is 20.1. The van der Waals surface area contributed by atoms with Gasteiger partial charge in [0.15, 0.2) is 0 Å². The van der Waals surface area contributed by atoms with Gasteiger partial charge >= 0.3 is 36.2 Å². The lowest BCUT2D eigenvalue weighted by atomic mass is 9.94. The average Bonchev–Trinajstić information content (AvgIpc) is 1.57. The molecule has 28 nitrogen and oxygen atoms in total. The maximum absolute atomic E-state index is 14.7. The fourth-order valence-corrected chi connectivity index (χ4v) is 12.9. The van der Waals surface area contributed by atoms with Crippen molar-refractivity contribution in [2.24, 2.45) is 7.05 Å². The highest BCUT2D eigenvalue weighted by atomic mass is 19.4. The second-order valence-electron chi connectivity index (χ2n) is 25.1. The fraction of sp³-hybridized carbons (Fsp3) is 0.158. The predicted molar refractivity (Wildman–Crippen MR) is 387 cm³/mol. The van der Waals surface area contributed by atoms with Crippen molar-refractivity contribution >= 4 is 102 Å². The number of aryl methyl sites for hydroxylation is 2. The lowest BCUT2D eigenvalue weighted by Crippen LogP contribution is -2.27. The third-order valence-electron chi connectivity index (χ3n) is 18.2. The topological polar surface area (TPSA) is 422 Å². The first-order valence-corrected chi connectivity index (χ1v) is 32.6. The first-order valence-electron chi connectivity index (χ1n) is 32.6. The average molecular weight is 1510 g/mol. The minimum atomic E-state index is -5.03. The number of carbonyl (C=O) groups is 8. The van der Waals surface area contributed by atoms with Crippen LogP contribution in [-0.2, 0) is 25.9 Å². The van der Waals surface area contributed by atoms with E-state index in [1.165, 1.54) is 69.4 Å². The number of carbonyl (C=O) groups excluding carboxylic acids is 4. The number of anilines is 2. The molecule has 0 saturated heterocycles. The van der Waals surface area contributed by atoms with Crippen LogP contribution in [0.2, 0.25) is 0 Å². The Bertz CT molecular complexity index is 6390. The van der Waals surface area contributed by atoms with Crippen LogP contribution in [0.4, 0.5) is 37.7 Å². The first-order chi connectivity index (χ1) is 51.7. The van der Waals surface area contributed by atoms with Gasteiger partial charge in [-0.3, -0.25) is 66.7 Å². The van der Waals surface area contributed by atoms with E-state index in [1.807, 2.05) is 0 Å². The van der Waals surface area contributed by atoms with E-state index < -0.39 is 177 Å². The van der Waals surface area contributed by atoms with E-state index in [-0.39, 0.29) is 95.4 Å². The third kappa shape index (κ3) is 13.7. The zero-order valence-corrected chi connectivity index (χ0v) is 57.8. The summed E-state index contributed by atoms with van der Waals surface area (Å²) in [5.74, 6) is -11.0. The van der Waals surface area contributed by atoms with Gasteiger partial charge in [-0.1, -0.05) is 38.1 Å². The van der Waals surface area contributed by atoms with E-state index in [4.69, 9.17) is 0 Å². The lowest BCUT2D eigenvalue weighted by molar-refractivity contribution is -0.137. The summed E-state index contributed by atoms with van der Waals surface area (Å²) in [4.78, 5) is 204. The number of hydrogen-bond acceptors (Lipinski definition) is 16. The molecule has 34 heteroatoms. The number of carboxylic acid groups (broad SMARTS) is 4. The molecule has 0 aliphatic carbocycles. The SMILES string of the molecule is CCCNC(=O)c1cc(C(=O)Nc2ccc(-c3ccc(NC(=O)c4cc(C(=O)NC)c(C(=O)O)cc4C(=O)O)cc3C(F)(F)F)c(C)c2)c(C(=O)O)cc1C(=O)O.CCCn1c(=O)c2cc3c(=O)n(-c4ccc(-c5ccc(-n6c(=O)c7cc8c(=O)n(C)c(=O)c8cc7c6=O)cc5C(F)(F)F)c(C)c4)c(=O)c3cc2c1=O. The van der Waals surface area contributed by atoms with Gasteiger partial charge in [0.2, 0.25) is 0 Å². The predicted octanol–water partition coefficient (Wildman–Crippen LogP) is 8.54. The molecule has 12 aromatic rings. The number of hydrogen-bond donors (Lipinski definition) is 8. The molecule has 12 rings (SSSR count). The minimum absolute atomic E-state index is 0.00207. The highest BCUT2D eigenvalue weighted by Gasteiger charge is 2.38. The summed E-state index contributed by atoms with van der Waals surface area (Å²) < 4.78 is 90.7. The number of nitrogens with one attached hydrogen (secondary N) is 4. The van der Waals surface area contributed by atoms with Crippen molar-refractivity contribution in [1.29, 1.82) is 0 Å². The Morgan fingerprint density at radius 1 is 0.373 bits per heavy atom. The molecule has 0 aliphatic rings. The maximum atomic E-state index is 14.7. The summed E-state index contributed by atoms with van der Waals surface area (Å²) in [5.41, 5.74) is -14.9. The van der Waals surface area contributed by atoms with Crippen molar-refractivity contribution in [1.82, 2.24) is 28.9 Å². The Labute approximate surface area is 608 Å². The summed E-state index contributed by atoms with van der Waals surface area (Å²) in [5, 5.41) is 46.8. The molecule has 4 heterocycles. The van der Waals surface area contributed by atoms with Crippen molar-refractivity contribution in [3.8, 4) is 33.6 Å². The number of aromatic nitrogens is 4. The quantitative estimate of drug-likeness (QED) is 0.0373. The van der Waals surface area contributed by atoms with E-state index in [9.17, 15) is 123 Å². The van der Waals surface area contributed by atoms with E-state index >= 15 is 0 Å². The molecule has 8 N–H and O–H groups in total. The van der Waals surface area contributed by atoms with Crippen molar-refractivity contribution in [2.45, 2.75) is 59.4 Å². The normalized spacial score (nSPS) is 11.6. The molecule has 0 atom stereocenters. The van der Waals surface area contributed by atoms with Gasteiger partial charge in [-0.05, 0) is 157 Å². The molecule has 0 bridgehead atoms. The molecule has 4 aromatic heterocycles. The molecular weight excluding hydrogens is 1460 g/mol. The molecule has 4 amide bonds. The molecular formula is C76H54F6N8O20. The number of carboxylic acids is 4. The maximum Gasteiger partial charge on any atom is 0.417 e. The number of amides is 4. The summed E-state index contributed by atoms with van der Waals surface area (Å²) >= 11 is 0. The van der Waals surface area contributed by atoms with Crippen LogP contribution in [0.15, 0.2) is 160 Å². The Morgan fingerprint density at radius 3 is 1.07 bits per heavy atom. The second-order valence-corrected chi connectivity index (χ2v) is 25.1. The van der Waals surface area contributed by atoms with Gasteiger partial charge < -0.3 is 41.7 Å². The molecule has 0 radical (unpaired) electrons. The number of benzene rings is 8. The van der Waals surface area contributed by atoms with Gasteiger partial charge in [0.25, 0.3) is 68.1 Å². The van der Waals surface area contributed by atoms with Crippen LogP contribution in [0, 0.1) is 13.8 Å².